The Morgan fingerprint density at radius 1 is 0.932 bits per heavy atom. The number of aryl methyl sites for hydroxylation is 1. The zero-order valence-electron chi connectivity index (χ0n) is 25.2. The number of methoxy groups -OCH3 is 4. The van der Waals surface area contributed by atoms with Gasteiger partial charge in [0.2, 0.25) is 23.0 Å². The summed E-state index contributed by atoms with van der Waals surface area (Å²) < 4.78 is 22.3. The topological polar surface area (TPSA) is 137 Å². The van der Waals surface area contributed by atoms with Crippen LogP contribution in [0.3, 0.4) is 0 Å². The van der Waals surface area contributed by atoms with E-state index in [2.05, 4.69) is 20.9 Å². The van der Waals surface area contributed by atoms with E-state index in [0.29, 0.717) is 52.7 Å². The monoisotopic (exact) mass is 598 g/mol. The van der Waals surface area contributed by atoms with Gasteiger partial charge in [0.05, 0.1) is 64.1 Å². The average Bonchev–Trinajstić information content (AvgIpc) is 3.26. The van der Waals surface area contributed by atoms with Crippen molar-refractivity contribution in [3.63, 3.8) is 0 Å². The first-order valence-corrected chi connectivity index (χ1v) is 14.0. The molecule has 2 amide bonds. The average molecular weight is 599 g/mol. The Bertz CT molecular complexity index is 1810. The number of nitrogens with one attached hydrogen (secondary N) is 3. The molecule has 0 unspecified atom stereocenters. The molecule has 1 aromatic heterocycles. The molecule has 0 fully saturated rings. The van der Waals surface area contributed by atoms with Crippen molar-refractivity contribution < 1.29 is 28.5 Å². The molecule has 228 valence electrons. The molecule has 0 saturated heterocycles. The highest BCUT2D eigenvalue weighted by Gasteiger charge is 2.29. The normalized spacial score (nSPS) is 13.5. The zero-order chi connectivity index (χ0) is 31.4. The van der Waals surface area contributed by atoms with Gasteiger partial charge in [-0.1, -0.05) is 6.07 Å². The number of anilines is 2. The predicted molar refractivity (Wildman–Crippen MR) is 168 cm³/mol. The Morgan fingerprint density at radius 2 is 1.73 bits per heavy atom. The van der Waals surface area contributed by atoms with Crippen molar-refractivity contribution in [2.24, 2.45) is 0 Å². The summed E-state index contributed by atoms with van der Waals surface area (Å²) in [4.78, 5) is 42.9. The molecule has 0 saturated carbocycles. The van der Waals surface area contributed by atoms with Gasteiger partial charge in [-0.15, -0.1) is 0 Å². The SMILES string of the molecule is COc1ccc2cc(NC(=O)CNc3ccc4c(cc3=O)[C@@H](NC(C)=O)CCc3cc(OC)c(OC)c(OC)c3-4)cnc2c1. The van der Waals surface area contributed by atoms with Crippen LogP contribution in [0.15, 0.2) is 59.5 Å². The molecule has 0 spiro atoms. The number of rotatable bonds is 9. The van der Waals surface area contributed by atoms with E-state index in [0.717, 1.165) is 22.0 Å². The van der Waals surface area contributed by atoms with Gasteiger partial charge in [-0.3, -0.25) is 19.4 Å². The highest BCUT2D eigenvalue weighted by molar-refractivity contribution is 5.95. The summed E-state index contributed by atoms with van der Waals surface area (Å²) in [7, 11) is 6.22. The van der Waals surface area contributed by atoms with Gasteiger partial charge in [0, 0.05) is 23.9 Å². The number of carbonyl (C=O) groups is 2. The van der Waals surface area contributed by atoms with Crippen molar-refractivity contribution >= 4 is 34.1 Å². The zero-order valence-corrected chi connectivity index (χ0v) is 25.2. The van der Waals surface area contributed by atoms with Crippen LogP contribution in [0.25, 0.3) is 22.0 Å². The summed E-state index contributed by atoms with van der Waals surface area (Å²) in [5.41, 5.74) is 4.14. The fourth-order valence-corrected chi connectivity index (χ4v) is 5.53. The Hall–Kier alpha value is -5.32. The predicted octanol–water partition coefficient (Wildman–Crippen LogP) is 4.47. The third kappa shape index (κ3) is 6.07. The summed E-state index contributed by atoms with van der Waals surface area (Å²) >= 11 is 0. The minimum absolute atomic E-state index is 0.162. The van der Waals surface area contributed by atoms with Gasteiger partial charge < -0.3 is 34.9 Å². The largest absolute Gasteiger partial charge is 0.497 e. The molecule has 3 aromatic carbocycles. The van der Waals surface area contributed by atoms with Crippen LogP contribution < -0.4 is 40.3 Å². The summed E-state index contributed by atoms with van der Waals surface area (Å²) in [6.45, 7) is 1.28. The van der Waals surface area contributed by atoms with Crippen molar-refractivity contribution in [3.05, 3.63) is 76.1 Å². The highest BCUT2D eigenvalue weighted by Crippen LogP contribution is 2.50. The molecule has 1 aliphatic carbocycles. The second-order valence-electron chi connectivity index (χ2n) is 10.3. The molecular weight excluding hydrogens is 564 g/mol. The first-order chi connectivity index (χ1) is 21.3. The molecule has 0 bridgehead atoms. The quantitative estimate of drug-likeness (QED) is 0.255. The summed E-state index contributed by atoms with van der Waals surface area (Å²) in [6.07, 6.45) is 2.69. The molecular formula is C33H34N4O7. The Kier molecular flexibility index (Phi) is 8.84. The van der Waals surface area contributed by atoms with Crippen LogP contribution in [-0.4, -0.2) is 51.8 Å². The smallest absolute Gasteiger partial charge is 0.243 e. The van der Waals surface area contributed by atoms with Crippen molar-refractivity contribution in [1.82, 2.24) is 10.3 Å². The van der Waals surface area contributed by atoms with E-state index in [9.17, 15) is 14.4 Å². The third-order valence-corrected chi connectivity index (χ3v) is 7.53. The number of hydrogen-bond donors (Lipinski definition) is 3. The number of fused-ring (bicyclic) bond motifs is 4. The Balaban J connectivity index is 1.47. The molecule has 1 atom stereocenters. The Morgan fingerprint density at radius 3 is 2.43 bits per heavy atom. The van der Waals surface area contributed by atoms with Gasteiger partial charge in [-0.2, -0.15) is 0 Å². The fourth-order valence-electron chi connectivity index (χ4n) is 5.53. The van der Waals surface area contributed by atoms with Crippen LogP contribution in [0.1, 0.15) is 30.5 Å². The number of benzene rings is 2. The molecule has 1 heterocycles. The van der Waals surface area contributed by atoms with E-state index < -0.39 is 6.04 Å². The van der Waals surface area contributed by atoms with Crippen LogP contribution in [0.4, 0.5) is 11.4 Å². The third-order valence-electron chi connectivity index (χ3n) is 7.53. The number of hydrogen-bond acceptors (Lipinski definition) is 9. The van der Waals surface area contributed by atoms with E-state index >= 15 is 0 Å². The van der Waals surface area contributed by atoms with Gasteiger partial charge in [-0.05, 0) is 65.9 Å². The lowest BCUT2D eigenvalue weighted by Gasteiger charge is -2.19. The van der Waals surface area contributed by atoms with E-state index in [1.807, 2.05) is 30.3 Å². The van der Waals surface area contributed by atoms with Crippen molar-refractivity contribution in [1.29, 1.82) is 0 Å². The first kappa shape index (κ1) is 30.1. The fraction of sp³-hybridized carbons (Fsp3) is 0.273. The molecule has 11 heteroatoms. The van der Waals surface area contributed by atoms with Gasteiger partial charge >= 0.3 is 0 Å². The second-order valence-corrected chi connectivity index (χ2v) is 10.3. The standard InChI is InChI=1S/C33H34N4O7/c1-18(38)36-25-10-7-20-13-29(42-3)32(43-4)33(44-5)31(20)23-9-11-26(28(39)15-24(23)25)35-17-30(40)37-21-12-19-6-8-22(41-2)14-27(19)34-16-21/h6,8-9,11-16,25H,7,10,17H2,1-5H3,(H,35,39)(H,36,38)(H,37,40)/t25-/m0/s1. The number of nitrogens with zero attached hydrogens (tertiary/aromatic N) is 1. The Labute approximate surface area is 254 Å². The van der Waals surface area contributed by atoms with Crippen LogP contribution >= 0.6 is 0 Å². The molecule has 11 nitrogen and oxygen atoms in total. The summed E-state index contributed by atoms with van der Waals surface area (Å²) in [5, 5.41) is 9.61. The van der Waals surface area contributed by atoms with Gasteiger partial charge in [-0.25, -0.2) is 0 Å². The van der Waals surface area contributed by atoms with E-state index in [1.165, 1.54) is 20.1 Å². The number of ether oxygens (including phenoxy) is 4. The maximum Gasteiger partial charge on any atom is 0.243 e. The number of aromatic nitrogens is 1. The second kappa shape index (κ2) is 12.9. The van der Waals surface area contributed by atoms with Crippen LogP contribution in [0.5, 0.6) is 23.0 Å². The van der Waals surface area contributed by atoms with Crippen LogP contribution in [0.2, 0.25) is 0 Å². The first-order valence-electron chi connectivity index (χ1n) is 14.0. The molecule has 5 rings (SSSR count). The van der Waals surface area contributed by atoms with Crippen LogP contribution in [0, 0.1) is 0 Å². The van der Waals surface area contributed by atoms with E-state index in [4.69, 9.17) is 18.9 Å². The van der Waals surface area contributed by atoms with Gasteiger partial charge in [0.1, 0.15) is 5.75 Å². The lowest BCUT2D eigenvalue weighted by atomic mass is 9.95. The molecule has 4 aromatic rings. The minimum atomic E-state index is -0.437. The lowest BCUT2D eigenvalue weighted by molar-refractivity contribution is -0.119. The molecule has 0 aliphatic heterocycles. The molecule has 3 N–H and O–H groups in total. The highest BCUT2D eigenvalue weighted by atomic mass is 16.5. The summed E-state index contributed by atoms with van der Waals surface area (Å²) in [5.74, 6) is 1.52. The number of carbonyl (C=O) groups excluding carboxylic acids is 2. The van der Waals surface area contributed by atoms with Crippen molar-refractivity contribution in [2.75, 3.05) is 45.6 Å². The minimum Gasteiger partial charge on any atom is -0.497 e. The van der Waals surface area contributed by atoms with Gasteiger partial charge in [0.15, 0.2) is 11.5 Å². The van der Waals surface area contributed by atoms with Crippen LogP contribution in [-0.2, 0) is 16.0 Å². The van der Waals surface area contributed by atoms with E-state index in [-0.39, 0.29) is 29.5 Å². The van der Waals surface area contributed by atoms with E-state index in [1.54, 1.807) is 39.7 Å². The molecule has 44 heavy (non-hydrogen) atoms. The number of pyridine rings is 1. The molecule has 0 radical (unpaired) electrons. The number of amides is 2. The summed E-state index contributed by atoms with van der Waals surface area (Å²) in [6, 6.07) is 13.7. The maximum absolute atomic E-state index is 13.5. The maximum atomic E-state index is 13.5. The van der Waals surface area contributed by atoms with Crippen molar-refractivity contribution in [3.8, 4) is 34.1 Å². The lowest BCUT2D eigenvalue weighted by Crippen LogP contribution is -2.27. The van der Waals surface area contributed by atoms with Gasteiger partial charge in [0.25, 0.3) is 0 Å². The molecule has 1 aliphatic rings. The van der Waals surface area contributed by atoms with Crippen molar-refractivity contribution in [2.45, 2.75) is 25.8 Å².